The first kappa shape index (κ1) is 11.0. The highest BCUT2D eigenvalue weighted by Gasteiger charge is 2.18. The molecule has 0 aromatic heterocycles. The van der Waals surface area contributed by atoms with E-state index in [9.17, 15) is 4.79 Å². The van der Waals surface area contributed by atoms with Crippen LogP contribution in [0.15, 0.2) is 24.3 Å². The SMILES string of the molecule is C=CCC(C)(C)/C(C)=C/C(=O)O. The van der Waals surface area contributed by atoms with Gasteiger partial charge in [0.2, 0.25) is 0 Å². The zero-order valence-corrected chi connectivity index (χ0v) is 7.92. The van der Waals surface area contributed by atoms with E-state index in [2.05, 4.69) is 6.58 Å². The summed E-state index contributed by atoms with van der Waals surface area (Å²) < 4.78 is 0. The molecule has 0 saturated heterocycles. The summed E-state index contributed by atoms with van der Waals surface area (Å²) in [5, 5.41) is 8.51. The van der Waals surface area contributed by atoms with Crippen LogP contribution in [0.4, 0.5) is 0 Å². The highest BCUT2D eigenvalue weighted by molar-refractivity contribution is 5.80. The third-order valence-corrected chi connectivity index (χ3v) is 2.06. The molecule has 0 heterocycles. The van der Waals surface area contributed by atoms with Crippen LogP contribution in [0.5, 0.6) is 0 Å². The molecule has 0 aliphatic heterocycles. The molecule has 0 bridgehead atoms. The van der Waals surface area contributed by atoms with E-state index in [0.717, 1.165) is 12.0 Å². The van der Waals surface area contributed by atoms with Crippen molar-refractivity contribution in [2.24, 2.45) is 5.41 Å². The second-order valence-corrected chi connectivity index (χ2v) is 3.54. The van der Waals surface area contributed by atoms with Gasteiger partial charge in [0.1, 0.15) is 0 Å². The average molecular weight is 168 g/mol. The van der Waals surface area contributed by atoms with E-state index in [1.165, 1.54) is 6.08 Å². The van der Waals surface area contributed by atoms with E-state index in [1.54, 1.807) is 6.08 Å². The highest BCUT2D eigenvalue weighted by atomic mass is 16.4. The zero-order chi connectivity index (χ0) is 9.78. The number of carboxylic acids is 1. The van der Waals surface area contributed by atoms with E-state index < -0.39 is 5.97 Å². The topological polar surface area (TPSA) is 37.3 Å². The van der Waals surface area contributed by atoms with E-state index in [4.69, 9.17) is 5.11 Å². The molecule has 0 fully saturated rings. The van der Waals surface area contributed by atoms with Crippen LogP contribution in [0, 0.1) is 5.41 Å². The summed E-state index contributed by atoms with van der Waals surface area (Å²) in [6.07, 6.45) is 3.85. The maximum absolute atomic E-state index is 10.4. The third kappa shape index (κ3) is 3.37. The van der Waals surface area contributed by atoms with Gasteiger partial charge in [0.15, 0.2) is 0 Å². The van der Waals surface area contributed by atoms with Crippen LogP contribution in [0.25, 0.3) is 0 Å². The minimum Gasteiger partial charge on any atom is -0.478 e. The van der Waals surface area contributed by atoms with Crippen molar-refractivity contribution in [3.8, 4) is 0 Å². The fourth-order valence-electron chi connectivity index (χ4n) is 0.902. The van der Waals surface area contributed by atoms with E-state index in [-0.39, 0.29) is 5.41 Å². The van der Waals surface area contributed by atoms with Crippen molar-refractivity contribution in [2.45, 2.75) is 27.2 Å². The number of carboxylic acid groups (broad SMARTS) is 1. The molecule has 0 rings (SSSR count). The van der Waals surface area contributed by atoms with Gasteiger partial charge in [-0.3, -0.25) is 0 Å². The molecule has 0 unspecified atom stereocenters. The van der Waals surface area contributed by atoms with Crippen molar-refractivity contribution in [3.63, 3.8) is 0 Å². The normalized spacial score (nSPS) is 12.8. The Morgan fingerprint density at radius 3 is 2.42 bits per heavy atom. The van der Waals surface area contributed by atoms with Crippen LogP contribution in [-0.4, -0.2) is 11.1 Å². The number of aliphatic carboxylic acids is 1. The smallest absolute Gasteiger partial charge is 0.328 e. The van der Waals surface area contributed by atoms with E-state index in [0.29, 0.717) is 0 Å². The van der Waals surface area contributed by atoms with Crippen LogP contribution in [0.3, 0.4) is 0 Å². The average Bonchev–Trinajstić information content (AvgIpc) is 1.85. The number of allylic oxidation sites excluding steroid dienone is 2. The summed E-state index contributed by atoms with van der Waals surface area (Å²) >= 11 is 0. The van der Waals surface area contributed by atoms with Crippen LogP contribution < -0.4 is 0 Å². The second kappa shape index (κ2) is 4.10. The maximum atomic E-state index is 10.4. The summed E-state index contributed by atoms with van der Waals surface area (Å²) in [6, 6.07) is 0. The fraction of sp³-hybridized carbons (Fsp3) is 0.500. The van der Waals surface area contributed by atoms with Gasteiger partial charge < -0.3 is 5.11 Å². The Labute approximate surface area is 73.6 Å². The molecule has 0 spiro atoms. The molecule has 0 aromatic rings. The first-order valence-electron chi connectivity index (χ1n) is 3.93. The summed E-state index contributed by atoms with van der Waals surface area (Å²) in [5.41, 5.74) is 0.773. The predicted octanol–water partition coefficient (Wildman–Crippen LogP) is 2.62. The predicted molar refractivity (Wildman–Crippen MR) is 50.0 cm³/mol. The largest absolute Gasteiger partial charge is 0.478 e. The van der Waals surface area contributed by atoms with E-state index in [1.807, 2.05) is 20.8 Å². The van der Waals surface area contributed by atoms with Gasteiger partial charge in [0.25, 0.3) is 0 Å². The summed E-state index contributed by atoms with van der Waals surface area (Å²) in [4.78, 5) is 10.4. The summed E-state index contributed by atoms with van der Waals surface area (Å²) in [7, 11) is 0. The van der Waals surface area contributed by atoms with Crippen molar-refractivity contribution >= 4 is 5.97 Å². The number of carbonyl (C=O) groups is 1. The van der Waals surface area contributed by atoms with Gasteiger partial charge in [-0.25, -0.2) is 4.79 Å². The molecule has 0 atom stereocenters. The van der Waals surface area contributed by atoms with Crippen LogP contribution in [-0.2, 0) is 4.79 Å². The molecule has 1 N–H and O–H groups in total. The van der Waals surface area contributed by atoms with Gasteiger partial charge in [0.05, 0.1) is 0 Å². The molecule has 0 aromatic carbocycles. The van der Waals surface area contributed by atoms with E-state index >= 15 is 0 Å². The lowest BCUT2D eigenvalue weighted by atomic mass is 9.82. The molecule has 0 saturated carbocycles. The quantitative estimate of drug-likeness (QED) is 0.517. The highest BCUT2D eigenvalue weighted by Crippen LogP contribution is 2.29. The molecule has 12 heavy (non-hydrogen) atoms. The van der Waals surface area contributed by atoms with Crippen LogP contribution in [0.1, 0.15) is 27.2 Å². The van der Waals surface area contributed by atoms with Crippen molar-refractivity contribution in [3.05, 3.63) is 24.3 Å². The molecule has 2 nitrogen and oxygen atoms in total. The number of hydrogen-bond donors (Lipinski definition) is 1. The van der Waals surface area contributed by atoms with Gasteiger partial charge in [-0.05, 0) is 18.8 Å². The fourth-order valence-corrected chi connectivity index (χ4v) is 0.902. The lowest BCUT2D eigenvalue weighted by Crippen LogP contribution is -2.12. The third-order valence-electron chi connectivity index (χ3n) is 2.06. The standard InChI is InChI=1S/C10H16O2/c1-5-6-10(3,4)8(2)7-9(11)12/h5,7H,1,6H2,2-4H3,(H,11,12)/b8-7+. The minimum atomic E-state index is -0.885. The van der Waals surface area contributed by atoms with Crippen molar-refractivity contribution in [1.82, 2.24) is 0 Å². The molecule has 0 aliphatic carbocycles. The van der Waals surface area contributed by atoms with Gasteiger partial charge in [-0.15, -0.1) is 6.58 Å². The maximum Gasteiger partial charge on any atom is 0.328 e. The Hall–Kier alpha value is -1.05. The Kier molecular flexibility index (Phi) is 3.74. The summed E-state index contributed by atoms with van der Waals surface area (Å²) in [6.45, 7) is 9.47. The molecule has 0 aliphatic rings. The lowest BCUT2D eigenvalue weighted by Gasteiger charge is -2.23. The van der Waals surface area contributed by atoms with Gasteiger partial charge in [-0.1, -0.05) is 25.5 Å². The number of hydrogen-bond acceptors (Lipinski definition) is 1. The number of rotatable bonds is 4. The zero-order valence-electron chi connectivity index (χ0n) is 7.92. The Morgan fingerprint density at radius 2 is 2.08 bits per heavy atom. The molecule has 68 valence electrons. The van der Waals surface area contributed by atoms with Gasteiger partial charge in [-0.2, -0.15) is 0 Å². The van der Waals surface area contributed by atoms with Crippen molar-refractivity contribution in [2.75, 3.05) is 0 Å². The molecular formula is C10H16O2. The monoisotopic (exact) mass is 168 g/mol. The molecule has 2 heteroatoms. The Bertz CT molecular complexity index is 212. The van der Waals surface area contributed by atoms with Crippen molar-refractivity contribution < 1.29 is 9.90 Å². The Morgan fingerprint density at radius 1 is 1.58 bits per heavy atom. The van der Waals surface area contributed by atoms with Crippen LogP contribution >= 0.6 is 0 Å². The molecule has 0 amide bonds. The minimum absolute atomic E-state index is 0.0971. The Balaban J connectivity index is 4.53. The first-order chi connectivity index (χ1) is 5.40. The van der Waals surface area contributed by atoms with Gasteiger partial charge >= 0.3 is 5.97 Å². The van der Waals surface area contributed by atoms with Crippen molar-refractivity contribution in [1.29, 1.82) is 0 Å². The molecular weight excluding hydrogens is 152 g/mol. The second-order valence-electron chi connectivity index (χ2n) is 3.54. The summed E-state index contributed by atoms with van der Waals surface area (Å²) in [5.74, 6) is -0.885. The van der Waals surface area contributed by atoms with Crippen LogP contribution in [0.2, 0.25) is 0 Å². The first-order valence-corrected chi connectivity index (χ1v) is 3.93. The molecule has 0 radical (unpaired) electrons. The van der Waals surface area contributed by atoms with Gasteiger partial charge in [0, 0.05) is 6.08 Å². The lowest BCUT2D eigenvalue weighted by molar-refractivity contribution is -0.131.